The zero-order chi connectivity index (χ0) is 100. The molecule has 3 aromatic heterocycles. The number of aromatic amines is 2. The van der Waals surface area contributed by atoms with Crippen LogP contribution in [0.5, 0.6) is 0 Å². The Balaban J connectivity index is 1.22. The lowest BCUT2D eigenvalue weighted by atomic mass is 10.0. The van der Waals surface area contributed by atoms with Crippen LogP contribution in [0.1, 0.15) is 236 Å². The van der Waals surface area contributed by atoms with Crippen LogP contribution in [0.15, 0.2) is 24.3 Å². The molecule has 0 amide bonds. The number of rotatable bonds is 56. The third kappa shape index (κ3) is 29.1. The molecule has 8 bridgehead atoms. The van der Waals surface area contributed by atoms with Gasteiger partial charge in [0, 0.05) is 96.7 Å². The molecule has 0 spiro atoms. The van der Waals surface area contributed by atoms with Gasteiger partial charge in [0.15, 0.2) is 93.1 Å². The topological polar surface area (TPSA) is 296 Å². The largest absolute Gasteiger partial charge is 0.406 e. The van der Waals surface area contributed by atoms with E-state index >= 15 is 70.2 Å². The second kappa shape index (κ2) is 50.4. The molecule has 7 aromatic rings. The third-order valence-electron chi connectivity index (χ3n) is 20.4. The molecule has 754 valence electrons. The summed E-state index contributed by atoms with van der Waals surface area (Å²) in [6.07, 6.45) is 4.45. The van der Waals surface area contributed by atoms with E-state index in [0.29, 0.717) is 77.0 Å². The minimum absolute atomic E-state index is 0.113. The zero-order valence-electron chi connectivity index (χ0n) is 78.8. The summed E-state index contributed by atoms with van der Waals surface area (Å²) in [5.74, 6) is -34.0. The molecule has 0 saturated carbocycles. The molecule has 4 aromatic carbocycles. The Morgan fingerprint density at radius 1 is 0.228 bits per heavy atom. The van der Waals surface area contributed by atoms with Gasteiger partial charge in [-0.1, -0.05) is 51.4 Å². The van der Waals surface area contributed by atoms with E-state index in [1.54, 1.807) is 111 Å². The molecule has 2 aliphatic heterocycles. The monoisotopic (exact) mass is 2010 g/mol. The van der Waals surface area contributed by atoms with Crippen LogP contribution in [0, 0.1) is 93.1 Å². The number of anilines is 4. The Morgan fingerprint density at radius 3 is 0.522 bits per heavy atom. The predicted molar refractivity (Wildman–Crippen MR) is 500 cm³/mol. The van der Waals surface area contributed by atoms with Crippen LogP contribution in [0.25, 0.3) is 90.9 Å². The summed E-state index contributed by atoms with van der Waals surface area (Å²) in [5, 5.41) is 20.6. The summed E-state index contributed by atoms with van der Waals surface area (Å²) in [7, 11) is -14.9. The van der Waals surface area contributed by atoms with Gasteiger partial charge in [-0.15, -0.1) is 0 Å². The van der Waals surface area contributed by atoms with Gasteiger partial charge >= 0.3 is 31.0 Å². The van der Waals surface area contributed by atoms with Crippen molar-refractivity contribution in [2.24, 2.45) is 0 Å². The first-order valence-electron chi connectivity index (χ1n) is 45.6. The number of hydrogen-bond acceptors (Lipinski definition) is 18. The van der Waals surface area contributed by atoms with Crippen molar-refractivity contribution in [3.05, 3.63) is 140 Å². The zero-order valence-corrected chi connectivity index (χ0v) is 82.4. The van der Waals surface area contributed by atoms with E-state index in [9.17, 15) is 18.3 Å². The van der Waals surface area contributed by atoms with Crippen molar-refractivity contribution in [2.45, 2.75) is 262 Å². The summed E-state index contributed by atoms with van der Waals surface area (Å²) in [5.41, 5.74) is -22.6. The predicted octanol–water partition coefficient (Wildman–Crippen LogP) is 27.6. The summed E-state index contributed by atoms with van der Waals surface area (Å²) in [4.78, 5) is 14.1. The number of unbranched alkanes of at least 4 members (excludes halogenated alkanes) is 12. The van der Waals surface area contributed by atoms with Crippen molar-refractivity contribution < 1.29 is 125 Å². The number of benzene rings is 4. The van der Waals surface area contributed by atoms with Crippen LogP contribution in [0.4, 0.5) is 93.0 Å². The lowest BCUT2D eigenvalue weighted by Gasteiger charge is -2.23. The first kappa shape index (κ1) is 112. The summed E-state index contributed by atoms with van der Waals surface area (Å²) in [6.45, 7) is 25.9. The van der Waals surface area contributed by atoms with Crippen molar-refractivity contribution >= 4 is 100 Å². The van der Waals surface area contributed by atoms with Gasteiger partial charge in [0.2, 0.25) is 0 Å². The summed E-state index contributed by atoms with van der Waals surface area (Å²) < 4.78 is 376. The maximum Gasteiger partial charge on any atom is 0.406 e. The Labute approximate surface area is 782 Å². The fourth-order valence-electron chi connectivity index (χ4n) is 15.0. The van der Waals surface area contributed by atoms with E-state index in [1.807, 2.05) is 0 Å². The Morgan fingerprint density at radius 2 is 0.375 bits per heavy atom. The summed E-state index contributed by atoms with van der Waals surface area (Å²) in [6, 6.07) is 3.42. The van der Waals surface area contributed by atoms with Crippen LogP contribution >= 0.6 is 31.0 Å². The molecule has 10 N–H and O–H groups in total. The second-order valence-electron chi connectivity index (χ2n) is 34.7. The number of nitrogens with zero attached hydrogens (tertiary/aromatic N) is 2. The highest BCUT2D eigenvalue weighted by atomic mass is 31.2. The van der Waals surface area contributed by atoms with Crippen LogP contribution in [-0.4, -0.2) is 121 Å². The molecule has 136 heavy (non-hydrogen) atoms. The molecular weight excluding hydrogens is 1890 g/mol. The fraction of sp³-hybridized carbons (Fsp3) is 0.522. The molecule has 2 aliphatic rings. The molecule has 0 unspecified atom stereocenters. The number of halogens is 16. The molecule has 24 nitrogen and oxygen atoms in total. The number of hydrogen-bond donors (Lipinski definition) is 10. The van der Waals surface area contributed by atoms with Gasteiger partial charge in [0.25, 0.3) is 0 Å². The average Bonchev–Trinajstić information content (AvgIpc) is 1.55. The van der Waals surface area contributed by atoms with Crippen LogP contribution < -0.4 is 41.6 Å². The van der Waals surface area contributed by atoms with Crippen molar-refractivity contribution in [3.8, 4) is 44.5 Å². The highest BCUT2D eigenvalue weighted by Crippen LogP contribution is 2.52. The van der Waals surface area contributed by atoms with E-state index in [1.165, 1.54) is 0 Å². The van der Waals surface area contributed by atoms with E-state index in [2.05, 4.69) is 61.6 Å². The van der Waals surface area contributed by atoms with Gasteiger partial charge in [0.05, 0.1) is 93.9 Å². The summed E-state index contributed by atoms with van der Waals surface area (Å²) >= 11 is 0. The van der Waals surface area contributed by atoms with Crippen molar-refractivity contribution in [3.63, 3.8) is 0 Å². The number of aromatic nitrogens is 4. The van der Waals surface area contributed by atoms with E-state index < -0.39 is 285 Å². The van der Waals surface area contributed by atoms with Crippen molar-refractivity contribution in [1.29, 1.82) is 0 Å². The fourth-order valence-corrected chi connectivity index (χ4v) is 22.0. The standard InChI is InChI=1S/C92H122F16N12O12P4/c1-49(2)125-133(121,126-50(3)4)113-45-29-21-17-25-41-109-89-81(101)73(93)69(74(94)82(89)102)65-57-33-35-59(117-57)66(70-75(95)83(103)90(84(104)76(70)96)110-42-26-18-22-30-46-114-134(122,127-51(5)6)128-52(7)8)61-37-39-63(119-61)68(72-79(99)87(107)92(88(108)80(72)100)112-44-28-20-24-32-48-116-136(124,131-55(13)14)132-56(15)16)64-40-38-62(120-64)67(60-36-34-58(65)118-60)71-77(97)85(105)91(86(106)78(71)98)111-43-27-19-23-31-47-115-135(123,129-53(9)10)130-54(11)12/h33-40,49-56,109-112,117,120H,17-32,41-48H2,1-16H3,(H,113,121)(H,114,122)(H,115,123)(H,116,124). The normalized spacial score (nSPS) is 12.9. The highest BCUT2D eigenvalue weighted by molar-refractivity contribution is 7.52. The Hall–Kier alpha value is -8.00. The molecule has 0 saturated heterocycles. The van der Waals surface area contributed by atoms with Gasteiger partial charge in [-0.25, -0.2) is 119 Å². The molecule has 0 radical (unpaired) electrons. The van der Waals surface area contributed by atoms with Crippen LogP contribution in [0.3, 0.4) is 0 Å². The van der Waals surface area contributed by atoms with E-state index in [-0.39, 0.29) is 78.0 Å². The Kier molecular flexibility index (Phi) is 41.4. The van der Waals surface area contributed by atoms with Gasteiger partial charge in [-0.05, 0) is 211 Å². The molecular formula is C92H122F16N12O12P4. The lowest BCUT2D eigenvalue weighted by Crippen LogP contribution is -2.20. The molecule has 5 heterocycles. The Bertz CT molecular complexity index is 4940. The molecule has 0 atom stereocenters. The van der Waals surface area contributed by atoms with Gasteiger partial charge < -0.3 is 31.2 Å². The van der Waals surface area contributed by atoms with Crippen molar-refractivity contribution in [1.82, 2.24) is 40.3 Å². The minimum Gasteiger partial charge on any atom is -0.380 e. The van der Waals surface area contributed by atoms with Gasteiger partial charge in [0.1, 0.15) is 22.7 Å². The average molecular weight is 2020 g/mol. The number of fused-ring (bicyclic) bond motifs is 8. The quantitative estimate of drug-likeness (QED) is 0.00733. The van der Waals surface area contributed by atoms with Gasteiger partial charge in [-0.2, -0.15) is 0 Å². The smallest absolute Gasteiger partial charge is 0.380 e. The first-order chi connectivity index (χ1) is 64.1. The SMILES string of the molecule is CC(C)OP(=O)(NCCCCCCNc1c(F)c(F)c(-c2c3nc(c(-c4c(F)c(F)c(NCCCCCCNP(=O)(OC(C)C)OC(C)C)c(F)c4F)c4ccc([nH]4)c(-c4c(F)c(F)c(NCCCCCCNP(=O)(OC(C)C)OC(C)C)c(F)c4F)c4nc(c(-c5c(F)c(F)c(NCCCCCCNP(=O)(OC(C)C)OC(C)C)c(F)c5F)c5ccc2[nH]5)C=C4)C=C3)c(F)c1F)OC(C)C. The minimum atomic E-state index is -3.73. The van der Waals surface area contributed by atoms with Crippen molar-refractivity contribution in [2.75, 3.05) is 73.6 Å². The van der Waals surface area contributed by atoms with Crippen LogP contribution in [-0.2, 0) is 54.5 Å². The first-order valence-corrected chi connectivity index (χ1v) is 51.8. The van der Waals surface area contributed by atoms with E-state index in [0.717, 1.165) is 48.6 Å². The maximum atomic E-state index is 17.7. The molecule has 0 aliphatic carbocycles. The highest BCUT2D eigenvalue weighted by Gasteiger charge is 2.39. The molecule has 44 heteroatoms. The molecule has 9 rings (SSSR count). The lowest BCUT2D eigenvalue weighted by molar-refractivity contribution is 0.134. The second-order valence-corrected chi connectivity index (χ2v) is 41.7. The maximum absolute atomic E-state index is 17.7. The van der Waals surface area contributed by atoms with Gasteiger partial charge in [-0.3, -0.25) is 36.2 Å². The number of H-pyrrole nitrogens is 2. The molecule has 0 fully saturated rings. The number of nitrogens with one attached hydrogen (secondary N) is 10. The third-order valence-corrected chi connectivity index (χ3v) is 28.5. The van der Waals surface area contributed by atoms with Crippen LogP contribution in [0.2, 0.25) is 0 Å². The van der Waals surface area contributed by atoms with E-state index in [4.69, 9.17) is 36.2 Å².